The smallest absolute Gasteiger partial charge is 0.346 e. The maximum Gasteiger partial charge on any atom is 0.418 e. The van der Waals surface area contributed by atoms with E-state index in [1.165, 1.54) is 4.90 Å². The number of anilines is 1. The third-order valence-corrected chi connectivity index (χ3v) is 8.04. The van der Waals surface area contributed by atoms with Gasteiger partial charge in [-0.05, 0) is 48.7 Å². The van der Waals surface area contributed by atoms with Crippen LogP contribution in [0.15, 0.2) is 55.1 Å². The van der Waals surface area contributed by atoms with Crippen LogP contribution in [0.5, 0.6) is 0 Å². The fourth-order valence-electron chi connectivity index (χ4n) is 5.88. The number of hydrogen-bond donors (Lipinski definition) is 2. The largest absolute Gasteiger partial charge is 0.418 e. The number of nitriles is 1. The molecule has 2 fully saturated rings. The fourth-order valence-corrected chi connectivity index (χ4v) is 5.88. The van der Waals surface area contributed by atoms with E-state index in [0.29, 0.717) is 51.5 Å². The zero-order valence-corrected chi connectivity index (χ0v) is 21.8. The summed E-state index contributed by atoms with van der Waals surface area (Å²) in [6.07, 6.45) is 4.11. The fraction of sp³-hybridized carbons (Fsp3) is 0.357. The minimum absolute atomic E-state index is 0.164. The minimum Gasteiger partial charge on any atom is -0.346 e. The van der Waals surface area contributed by atoms with E-state index >= 15 is 0 Å². The Balaban J connectivity index is 1.09. The number of carbonyl (C=O) groups is 1. The van der Waals surface area contributed by atoms with Crippen LogP contribution in [-0.2, 0) is 11.7 Å². The van der Waals surface area contributed by atoms with Gasteiger partial charge in [0.2, 0.25) is 0 Å². The number of hydrogen-bond acceptors (Lipinski definition) is 5. The monoisotopic (exact) mass is 566 g/mol. The van der Waals surface area contributed by atoms with Gasteiger partial charge in [0.1, 0.15) is 17.0 Å². The zero-order chi connectivity index (χ0) is 28.8. The van der Waals surface area contributed by atoms with E-state index in [1.807, 2.05) is 29.2 Å². The lowest BCUT2D eigenvalue weighted by Crippen LogP contribution is -2.66. The molecule has 0 bridgehead atoms. The molecule has 9 nitrogen and oxygen atoms in total. The summed E-state index contributed by atoms with van der Waals surface area (Å²) >= 11 is 0. The topological polar surface area (TPSA) is 106 Å². The number of amides is 2. The van der Waals surface area contributed by atoms with E-state index in [0.717, 1.165) is 34.3 Å². The Morgan fingerprint density at radius 3 is 2.71 bits per heavy atom. The first-order valence-corrected chi connectivity index (χ1v) is 13.2. The summed E-state index contributed by atoms with van der Waals surface area (Å²) in [6.45, 7) is 1.97. The highest BCUT2D eigenvalue weighted by atomic mass is 19.4. The maximum absolute atomic E-state index is 13.4. The van der Waals surface area contributed by atoms with Gasteiger partial charge < -0.3 is 15.2 Å². The standard InChI is InChI=1S/C28H26F4N8O/c29-19-1-2-24(23(13-19)28(30,31)32)37-26(41)38-11-5-20(6-12-38)39-16-27(17-39,7-8-33)40-15-18(14-36-40)21-3-9-34-25-22(21)4-10-35-25/h1-4,9-10,13-15,20H,5-7,11-12,16-17H2,(H,34,35)(H,37,41). The Hall–Kier alpha value is -4.44. The molecule has 2 aliphatic heterocycles. The van der Waals surface area contributed by atoms with Gasteiger partial charge in [0.05, 0.1) is 29.9 Å². The molecule has 2 aliphatic rings. The summed E-state index contributed by atoms with van der Waals surface area (Å²) in [5.41, 5.74) is 0.551. The highest BCUT2D eigenvalue weighted by molar-refractivity contribution is 5.92. The molecule has 0 atom stereocenters. The minimum atomic E-state index is -4.80. The van der Waals surface area contributed by atoms with Gasteiger partial charge in [-0.2, -0.15) is 23.5 Å². The molecular weight excluding hydrogens is 540 g/mol. The number of alkyl halides is 3. The maximum atomic E-state index is 13.4. The molecule has 0 unspecified atom stereocenters. The van der Waals surface area contributed by atoms with Crippen molar-refractivity contribution >= 4 is 22.8 Å². The number of benzene rings is 1. The summed E-state index contributed by atoms with van der Waals surface area (Å²) in [7, 11) is 0. The van der Waals surface area contributed by atoms with Crippen LogP contribution < -0.4 is 5.32 Å². The summed E-state index contributed by atoms with van der Waals surface area (Å²) in [6, 6.07) is 7.90. The van der Waals surface area contributed by atoms with E-state index in [1.54, 1.807) is 12.4 Å². The Labute approximate surface area is 232 Å². The first-order valence-electron chi connectivity index (χ1n) is 13.2. The number of H-pyrrole nitrogens is 1. The molecule has 1 aromatic carbocycles. The van der Waals surface area contributed by atoms with E-state index in [4.69, 9.17) is 0 Å². The molecule has 3 aromatic heterocycles. The number of fused-ring (bicyclic) bond motifs is 1. The first-order chi connectivity index (χ1) is 19.7. The molecule has 0 radical (unpaired) electrons. The van der Waals surface area contributed by atoms with Gasteiger partial charge in [-0.25, -0.2) is 14.2 Å². The predicted molar refractivity (Wildman–Crippen MR) is 142 cm³/mol. The first kappa shape index (κ1) is 26.8. The SMILES string of the molecule is N#CCC1(n2cc(-c3ccnc4[nH]ccc34)cn2)CN(C2CCN(C(=O)Nc3ccc(F)cc3C(F)(F)F)CC2)C1. The molecule has 0 saturated carbocycles. The van der Waals surface area contributed by atoms with Crippen LogP contribution >= 0.6 is 0 Å². The van der Waals surface area contributed by atoms with Crippen molar-refractivity contribution < 1.29 is 22.4 Å². The number of rotatable bonds is 5. The van der Waals surface area contributed by atoms with Crippen LogP contribution in [0, 0.1) is 17.1 Å². The zero-order valence-electron chi connectivity index (χ0n) is 21.8. The van der Waals surface area contributed by atoms with Crippen LogP contribution in [0.25, 0.3) is 22.2 Å². The lowest BCUT2D eigenvalue weighted by Gasteiger charge is -2.53. The number of nitrogens with zero attached hydrogens (tertiary/aromatic N) is 6. The molecule has 2 amide bonds. The molecule has 212 valence electrons. The predicted octanol–water partition coefficient (Wildman–Crippen LogP) is 5.21. The van der Waals surface area contributed by atoms with Crippen molar-refractivity contribution in [3.8, 4) is 17.2 Å². The van der Waals surface area contributed by atoms with Gasteiger partial charge in [0, 0.05) is 61.8 Å². The number of piperidine rings is 1. The van der Waals surface area contributed by atoms with Crippen LogP contribution in [0.2, 0.25) is 0 Å². The molecule has 4 aromatic rings. The molecule has 13 heteroatoms. The molecule has 0 spiro atoms. The average molecular weight is 567 g/mol. The van der Waals surface area contributed by atoms with Crippen molar-refractivity contribution in [2.24, 2.45) is 0 Å². The van der Waals surface area contributed by atoms with Gasteiger partial charge >= 0.3 is 12.2 Å². The third-order valence-electron chi connectivity index (χ3n) is 8.04. The number of pyridine rings is 1. The lowest BCUT2D eigenvalue weighted by molar-refractivity contribution is -0.137. The molecule has 2 N–H and O–H groups in total. The molecule has 0 aliphatic carbocycles. The number of carbonyl (C=O) groups excluding carboxylic acids is 1. The lowest BCUT2D eigenvalue weighted by atomic mass is 9.84. The summed E-state index contributed by atoms with van der Waals surface area (Å²) in [5.74, 6) is -1.03. The average Bonchev–Trinajstić information content (AvgIpc) is 3.61. The second-order valence-electron chi connectivity index (χ2n) is 10.6. The van der Waals surface area contributed by atoms with Crippen molar-refractivity contribution in [1.29, 1.82) is 5.26 Å². The van der Waals surface area contributed by atoms with Crippen molar-refractivity contribution in [3.63, 3.8) is 0 Å². The number of aromatic amines is 1. The Morgan fingerprint density at radius 1 is 1.20 bits per heavy atom. The van der Waals surface area contributed by atoms with Crippen LogP contribution in [-0.4, -0.2) is 67.8 Å². The molecule has 41 heavy (non-hydrogen) atoms. The summed E-state index contributed by atoms with van der Waals surface area (Å²) < 4.78 is 55.2. The van der Waals surface area contributed by atoms with E-state index < -0.39 is 34.8 Å². The Kier molecular flexibility index (Phi) is 6.65. The second-order valence-corrected chi connectivity index (χ2v) is 10.6. The molecule has 2 saturated heterocycles. The van der Waals surface area contributed by atoms with Crippen molar-refractivity contribution in [1.82, 2.24) is 29.5 Å². The highest BCUT2D eigenvalue weighted by Gasteiger charge is 2.48. The Morgan fingerprint density at radius 2 is 1.98 bits per heavy atom. The van der Waals surface area contributed by atoms with Gasteiger partial charge in [0.15, 0.2) is 0 Å². The van der Waals surface area contributed by atoms with Gasteiger partial charge in [-0.3, -0.25) is 9.58 Å². The third kappa shape index (κ3) is 4.99. The van der Waals surface area contributed by atoms with Gasteiger partial charge in [-0.15, -0.1) is 0 Å². The van der Waals surface area contributed by atoms with Crippen LogP contribution in [0.1, 0.15) is 24.8 Å². The quantitative estimate of drug-likeness (QED) is 0.323. The van der Waals surface area contributed by atoms with Crippen LogP contribution in [0.3, 0.4) is 0 Å². The summed E-state index contributed by atoms with van der Waals surface area (Å²) in [5, 5.41) is 17.5. The molecule has 5 heterocycles. The van der Waals surface area contributed by atoms with E-state index in [2.05, 4.69) is 31.4 Å². The second kappa shape index (κ2) is 10.2. The van der Waals surface area contributed by atoms with Gasteiger partial charge in [-0.1, -0.05) is 0 Å². The number of nitrogens with one attached hydrogen (secondary N) is 2. The van der Waals surface area contributed by atoms with E-state index in [-0.39, 0.29) is 6.04 Å². The van der Waals surface area contributed by atoms with Crippen LogP contribution in [0.4, 0.5) is 28.0 Å². The normalized spacial score (nSPS) is 17.8. The molecular formula is C28H26F4N8O. The number of urea groups is 1. The van der Waals surface area contributed by atoms with Crippen molar-refractivity contribution in [2.45, 2.75) is 37.0 Å². The van der Waals surface area contributed by atoms with Gasteiger partial charge in [0.25, 0.3) is 0 Å². The molecule has 6 rings (SSSR count). The Bertz CT molecular complexity index is 1620. The van der Waals surface area contributed by atoms with E-state index in [9.17, 15) is 27.6 Å². The number of halogens is 4. The number of likely N-dealkylation sites (tertiary alicyclic amines) is 2. The highest BCUT2D eigenvalue weighted by Crippen LogP contribution is 2.38. The summed E-state index contributed by atoms with van der Waals surface area (Å²) in [4.78, 5) is 23.9. The number of aromatic nitrogens is 4. The van der Waals surface area contributed by atoms with Crippen molar-refractivity contribution in [2.75, 3.05) is 31.5 Å². The van der Waals surface area contributed by atoms with Crippen molar-refractivity contribution in [3.05, 3.63) is 66.5 Å².